The Hall–Kier alpha value is -0.870. The van der Waals surface area contributed by atoms with E-state index in [0.717, 1.165) is 0 Å². The zero-order valence-electron chi connectivity index (χ0n) is 9.83. The first-order valence-corrected chi connectivity index (χ1v) is 8.33. The molecule has 1 aromatic carbocycles. The van der Waals surface area contributed by atoms with Crippen LogP contribution in [0.5, 0.6) is 0 Å². The highest BCUT2D eigenvalue weighted by molar-refractivity contribution is 7.91. The predicted molar refractivity (Wildman–Crippen MR) is 70.2 cm³/mol. The molecule has 108 valence electrons. The molecule has 7 nitrogen and oxygen atoms in total. The van der Waals surface area contributed by atoms with Crippen molar-refractivity contribution in [3.05, 3.63) is 22.7 Å². The van der Waals surface area contributed by atoms with E-state index in [0.29, 0.717) is 0 Å². The van der Waals surface area contributed by atoms with Crippen molar-refractivity contribution in [3.63, 3.8) is 0 Å². The van der Waals surface area contributed by atoms with Gasteiger partial charge in [0, 0.05) is 5.69 Å². The zero-order valence-corrected chi connectivity index (χ0v) is 12.2. The van der Waals surface area contributed by atoms with Gasteiger partial charge in [0.05, 0.1) is 22.3 Å². The number of rotatable bonds is 5. The van der Waals surface area contributed by atoms with Crippen LogP contribution in [0, 0.1) is 6.92 Å². The standard InChI is InChI=1S/C9H12ClNO6S2/c1-6-8(11)3-2-7(10)9(6)18(12,13)5-4-17-19(14,15)16/h2-3H,4-5,11H2,1H3,(H,14,15,16). The molecule has 0 unspecified atom stereocenters. The number of halogens is 1. The van der Waals surface area contributed by atoms with E-state index in [-0.39, 0.29) is 21.2 Å². The molecule has 0 bridgehead atoms. The molecule has 0 spiro atoms. The first-order valence-electron chi connectivity index (χ1n) is 4.94. The van der Waals surface area contributed by atoms with E-state index in [1.54, 1.807) is 0 Å². The highest BCUT2D eigenvalue weighted by Gasteiger charge is 2.22. The van der Waals surface area contributed by atoms with Gasteiger partial charge in [0.15, 0.2) is 9.84 Å². The van der Waals surface area contributed by atoms with Crippen molar-refractivity contribution in [1.82, 2.24) is 0 Å². The van der Waals surface area contributed by atoms with E-state index in [1.807, 2.05) is 0 Å². The molecule has 0 aliphatic carbocycles. The van der Waals surface area contributed by atoms with Crippen LogP contribution in [0.2, 0.25) is 5.02 Å². The quantitative estimate of drug-likeness (QED) is 0.605. The molecule has 0 fully saturated rings. The van der Waals surface area contributed by atoms with Gasteiger partial charge in [-0.3, -0.25) is 4.55 Å². The predicted octanol–water partition coefficient (Wildman–Crippen LogP) is 0.824. The van der Waals surface area contributed by atoms with Crippen molar-refractivity contribution in [2.75, 3.05) is 18.1 Å². The van der Waals surface area contributed by atoms with Crippen molar-refractivity contribution >= 4 is 37.5 Å². The maximum Gasteiger partial charge on any atom is 0.397 e. The third-order valence-electron chi connectivity index (χ3n) is 2.30. The van der Waals surface area contributed by atoms with Crippen LogP contribution in [0.1, 0.15) is 5.56 Å². The number of hydrogen-bond acceptors (Lipinski definition) is 6. The van der Waals surface area contributed by atoms with Gasteiger partial charge in [-0.15, -0.1) is 0 Å². The van der Waals surface area contributed by atoms with Crippen LogP contribution in [0.25, 0.3) is 0 Å². The maximum atomic E-state index is 12.0. The number of sulfone groups is 1. The molecule has 19 heavy (non-hydrogen) atoms. The lowest BCUT2D eigenvalue weighted by atomic mass is 10.2. The summed E-state index contributed by atoms with van der Waals surface area (Å²) in [6.45, 7) is 0.767. The van der Waals surface area contributed by atoms with Gasteiger partial charge >= 0.3 is 10.4 Å². The Morgan fingerprint density at radius 2 is 1.89 bits per heavy atom. The fourth-order valence-electron chi connectivity index (χ4n) is 1.41. The Morgan fingerprint density at radius 1 is 1.32 bits per heavy atom. The average molecular weight is 330 g/mol. The molecule has 1 aromatic rings. The molecular formula is C9H12ClNO6S2. The van der Waals surface area contributed by atoms with Crippen LogP contribution in [0.3, 0.4) is 0 Å². The zero-order chi connectivity index (χ0) is 14.8. The van der Waals surface area contributed by atoms with Gasteiger partial charge in [0.2, 0.25) is 0 Å². The van der Waals surface area contributed by atoms with E-state index in [2.05, 4.69) is 4.18 Å². The second kappa shape index (κ2) is 5.63. The molecule has 1 rings (SSSR count). The van der Waals surface area contributed by atoms with Crippen LogP contribution >= 0.6 is 11.6 Å². The molecular weight excluding hydrogens is 318 g/mol. The topological polar surface area (TPSA) is 124 Å². The van der Waals surface area contributed by atoms with E-state index in [9.17, 15) is 16.8 Å². The fourth-order valence-corrected chi connectivity index (χ4v) is 3.82. The highest BCUT2D eigenvalue weighted by Crippen LogP contribution is 2.29. The lowest BCUT2D eigenvalue weighted by molar-refractivity contribution is 0.284. The lowest BCUT2D eigenvalue weighted by Gasteiger charge is -2.11. The molecule has 0 aromatic heterocycles. The van der Waals surface area contributed by atoms with Gasteiger partial charge in [-0.25, -0.2) is 12.6 Å². The Labute approximate surface area is 116 Å². The van der Waals surface area contributed by atoms with E-state index < -0.39 is 32.6 Å². The molecule has 10 heteroatoms. The minimum Gasteiger partial charge on any atom is -0.398 e. The number of nitrogens with two attached hydrogens (primary N) is 1. The SMILES string of the molecule is Cc1c(N)ccc(Cl)c1S(=O)(=O)CCOS(=O)(=O)O. The van der Waals surface area contributed by atoms with Gasteiger partial charge in [0.25, 0.3) is 0 Å². The second-order valence-electron chi connectivity index (χ2n) is 3.66. The summed E-state index contributed by atoms with van der Waals surface area (Å²) < 4.78 is 57.0. The van der Waals surface area contributed by atoms with Gasteiger partial charge in [-0.1, -0.05) is 11.6 Å². The summed E-state index contributed by atoms with van der Waals surface area (Å²) in [7, 11) is -8.56. The Balaban J connectivity index is 3.05. The molecule has 0 atom stereocenters. The van der Waals surface area contributed by atoms with Crippen LogP contribution < -0.4 is 5.73 Å². The summed E-state index contributed by atoms with van der Waals surface area (Å²) in [4.78, 5) is -0.173. The number of anilines is 1. The van der Waals surface area contributed by atoms with Gasteiger partial charge < -0.3 is 5.73 Å². The number of benzene rings is 1. The number of hydrogen-bond donors (Lipinski definition) is 2. The first-order chi connectivity index (χ1) is 8.54. The van der Waals surface area contributed by atoms with Crippen molar-refractivity contribution in [3.8, 4) is 0 Å². The lowest BCUT2D eigenvalue weighted by Crippen LogP contribution is -2.17. The Morgan fingerprint density at radius 3 is 2.42 bits per heavy atom. The summed E-state index contributed by atoms with van der Waals surface area (Å²) in [5, 5.41) is -0.0152. The largest absolute Gasteiger partial charge is 0.398 e. The summed E-state index contributed by atoms with van der Waals surface area (Å²) >= 11 is 5.81. The molecule has 0 heterocycles. The van der Waals surface area contributed by atoms with Crippen molar-refractivity contribution in [1.29, 1.82) is 0 Å². The highest BCUT2D eigenvalue weighted by atomic mass is 35.5. The fraction of sp³-hybridized carbons (Fsp3) is 0.333. The van der Waals surface area contributed by atoms with Gasteiger partial charge in [-0.2, -0.15) is 8.42 Å². The van der Waals surface area contributed by atoms with Crippen molar-refractivity contribution < 1.29 is 25.6 Å². The molecule has 0 saturated heterocycles. The third-order valence-corrected chi connectivity index (χ3v) is 5.04. The van der Waals surface area contributed by atoms with E-state index in [4.69, 9.17) is 21.9 Å². The summed E-state index contributed by atoms with van der Waals surface area (Å²) in [5.74, 6) is -0.656. The van der Waals surface area contributed by atoms with Crippen LogP contribution in [-0.2, 0) is 24.4 Å². The normalized spacial score (nSPS) is 12.6. The number of nitrogen functional groups attached to an aromatic ring is 1. The average Bonchev–Trinajstić information content (AvgIpc) is 2.21. The molecule has 0 aliphatic rings. The second-order valence-corrected chi connectivity index (χ2v) is 7.20. The van der Waals surface area contributed by atoms with Crippen molar-refractivity contribution in [2.45, 2.75) is 11.8 Å². The van der Waals surface area contributed by atoms with Crippen LogP contribution in [-0.4, -0.2) is 33.7 Å². The molecule has 3 N–H and O–H groups in total. The molecule has 0 amide bonds. The minimum absolute atomic E-state index is 0.0152. The summed E-state index contributed by atoms with van der Waals surface area (Å²) in [5.41, 5.74) is 6.12. The van der Waals surface area contributed by atoms with Crippen LogP contribution in [0.4, 0.5) is 5.69 Å². The van der Waals surface area contributed by atoms with Crippen LogP contribution in [0.15, 0.2) is 17.0 Å². The van der Waals surface area contributed by atoms with Gasteiger partial charge in [-0.05, 0) is 24.6 Å². The summed E-state index contributed by atoms with van der Waals surface area (Å²) in [6, 6.07) is 2.80. The third kappa shape index (κ3) is 4.32. The monoisotopic (exact) mass is 329 g/mol. The molecule has 0 radical (unpaired) electrons. The Kier molecular flexibility index (Phi) is 4.80. The Bertz CT molecular complexity index is 683. The van der Waals surface area contributed by atoms with E-state index in [1.165, 1.54) is 19.1 Å². The minimum atomic E-state index is -4.68. The van der Waals surface area contributed by atoms with E-state index >= 15 is 0 Å². The van der Waals surface area contributed by atoms with Crippen molar-refractivity contribution in [2.24, 2.45) is 0 Å². The van der Waals surface area contributed by atoms with Gasteiger partial charge in [0.1, 0.15) is 0 Å². The summed E-state index contributed by atoms with van der Waals surface area (Å²) in [6.07, 6.45) is 0. The molecule has 0 saturated carbocycles. The first kappa shape index (κ1) is 16.2. The maximum absolute atomic E-state index is 12.0. The smallest absolute Gasteiger partial charge is 0.397 e. The molecule has 0 aliphatic heterocycles.